The van der Waals surface area contributed by atoms with Crippen molar-refractivity contribution in [3.63, 3.8) is 0 Å². The molecule has 1 atom stereocenters. The molecule has 0 radical (unpaired) electrons. The molecule has 1 unspecified atom stereocenters. The topological polar surface area (TPSA) is 38.5 Å². The normalized spacial score (nSPS) is 19.6. The highest BCUT2D eigenvalue weighted by atomic mass is 79.9. The summed E-state index contributed by atoms with van der Waals surface area (Å²) in [5, 5.41) is 0. The lowest BCUT2D eigenvalue weighted by molar-refractivity contribution is 0.116. The molecule has 1 aliphatic heterocycles. The zero-order valence-electron chi connectivity index (χ0n) is 10.2. The predicted octanol–water partition coefficient (Wildman–Crippen LogP) is 2.52. The summed E-state index contributed by atoms with van der Waals surface area (Å²) in [4.78, 5) is 2.24. The molecule has 1 aliphatic rings. The minimum atomic E-state index is 0.376. The van der Waals surface area contributed by atoms with Crippen LogP contribution in [0.3, 0.4) is 0 Å². The van der Waals surface area contributed by atoms with Gasteiger partial charge >= 0.3 is 0 Å². The third-order valence-electron chi connectivity index (χ3n) is 3.16. The lowest BCUT2D eigenvalue weighted by Crippen LogP contribution is -2.28. The van der Waals surface area contributed by atoms with Crippen molar-refractivity contribution < 1.29 is 4.74 Å². The first-order chi connectivity index (χ1) is 8.20. The molecule has 17 heavy (non-hydrogen) atoms. The maximum Gasteiger partial charge on any atom is 0.0750 e. The molecule has 0 spiro atoms. The number of rotatable bonds is 4. The molecule has 0 bridgehead atoms. The van der Waals surface area contributed by atoms with Crippen molar-refractivity contribution in [1.29, 1.82) is 0 Å². The first-order valence-corrected chi connectivity index (χ1v) is 6.81. The number of benzene rings is 1. The van der Waals surface area contributed by atoms with Gasteiger partial charge in [-0.05, 0) is 46.5 Å². The van der Waals surface area contributed by atoms with Crippen LogP contribution in [0.15, 0.2) is 22.7 Å². The first kappa shape index (κ1) is 12.9. The van der Waals surface area contributed by atoms with E-state index in [0.717, 1.165) is 23.2 Å². The van der Waals surface area contributed by atoms with Crippen molar-refractivity contribution in [1.82, 2.24) is 0 Å². The third kappa shape index (κ3) is 3.21. The number of hydrogen-bond donors (Lipinski definition) is 1. The van der Waals surface area contributed by atoms with Crippen LogP contribution >= 0.6 is 15.9 Å². The van der Waals surface area contributed by atoms with Gasteiger partial charge < -0.3 is 15.4 Å². The molecule has 94 valence electrons. The van der Waals surface area contributed by atoms with Gasteiger partial charge in [0.1, 0.15) is 0 Å². The van der Waals surface area contributed by atoms with Gasteiger partial charge in [-0.15, -0.1) is 0 Å². The number of anilines is 1. The SMILES string of the molecule is CN(CC1CCCO1)c1ccc(CN)cc1Br. The van der Waals surface area contributed by atoms with Crippen LogP contribution in [-0.2, 0) is 11.3 Å². The quantitative estimate of drug-likeness (QED) is 0.928. The predicted molar refractivity (Wildman–Crippen MR) is 74.3 cm³/mol. The molecular weight excluding hydrogens is 280 g/mol. The highest BCUT2D eigenvalue weighted by Crippen LogP contribution is 2.27. The summed E-state index contributed by atoms with van der Waals surface area (Å²) in [5.74, 6) is 0. The van der Waals surface area contributed by atoms with Gasteiger partial charge in [0.2, 0.25) is 0 Å². The zero-order valence-corrected chi connectivity index (χ0v) is 11.7. The van der Waals surface area contributed by atoms with Crippen LogP contribution in [0.1, 0.15) is 18.4 Å². The smallest absolute Gasteiger partial charge is 0.0750 e. The first-order valence-electron chi connectivity index (χ1n) is 6.02. The lowest BCUT2D eigenvalue weighted by Gasteiger charge is -2.24. The summed E-state index contributed by atoms with van der Waals surface area (Å²) in [6.07, 6.45) is 2.73. The van der Waals surface area contributed by atoms with Crippen molar-refractivity contribution in [2.75, 3.05) is 25.1 Å². The zero-order chi connectivity index (χ0) is 12.3. The van der Waals surface area contributed by atoms with Crippen LogP contribution in [0.2, 0.25) is 0 Å². The Morgan fingerprint density at radius 3 is 2.94 bits per heavy atom. The van der Waals surface area contributed by atoms with E-state index in [-0.39, 0.29) is 0 Å². The molecule has 2 N–H and O–H groups in total. The second-order valence-corrected chi connectivity index (χ2v) is 5.36. The fourth-order valence-corrected chi connectivity index (χ4v) is 2.91. The highest BCUT2D eigenvalue weighted by molar-refractivity contribution is 9.10. The van der Waals surface area contributed by atoms with Gasteiger partial charge in [-0.2, -0.15) is 0 Å². The lowest BCUT2D eigenvalue weighted by atomic mass is 10.2. The van der Waals surface area contributed by atoms with Crippen LogP contribution in [0.25, 0.3) is 0 Å². The van der Waals surface area contributed by atoms with Crippen LogP contribution < -0.4 is 10.6 Å². The molecule has 3 nitrogen and oxygen atoms in total. The van der Waals surface area contributed by atoms with Crippen LogP contribution in [0, 0.1) is 0 Å². The fourth-order valence-electron chi connectivity index (χ4n) is 2.18. The molecule has 1 aromatic rings. The van der Waals surface area contributed by atoms with Gasteiger partial charge in [-0.3, -0.25) is 0 Å². The van der Waals surface area contributed by atoms with Crippen molar-refractivity contribution in [3.05, 3.63) is 28.2 Å². The molecule has 1 heterocycles. The van der Waals surface area contributed by atoms with Gasteiger partial charge in [-0.1, -0.05) is 6.07 Å². The van der Waals surface area contributed by atoms with E-state index in [1.54, 1.807) is 0 Å². The van der Waals surface area contributed by atoms with E-state index < -0.39 is 0 Å². The molecule has 2 rings (SSSR count). The van der Waals surface area contributed by atoms with E-state index >= 15 is 0 Å². The molecule has 0 aromatic heterocycles. The second-order valence-electron chi connectivity index (χ2n) is 4.51. The Kier molecular flexibility index (Phi) is 4.42. The van der Waals surface area contributed by atoms with E-state index in [2.05, 4.69) is 46.1 Å². The monoisotopic (exact) mass is 298 g/mol. The van der Waals surface area contributed by atoms with Crippen molar-refractivity contribution in [2.45, 2.75) is 25.5 Å². The summed E-state index contributed by atoms with van der Waals surface area (Å²) < 4.78 is 6.75. The Balaban J connectivity index is 2.04. The van der Waals surface area contributed by atoms with E-state index in [4.69, 9.17) is 10.5 Å². The summed E-state index contributed by atoms with van der Waals surface area (Å²) in [6.45, 7) is 2.43. The Morgan fingerprint density at radius 1 is 1.53 bits per heavy atom. The standard InChI is InChI=1S/C13H19BrN2O/c1-16(9-11-3-2-6-17-11)13-5-4-10(8-15)7-12(13)14/h4-5,7,11H,2-3,6,8-9,15H2,1H3. The van der Waals surface area contributed by atoms with Gasteiger partial charge in [0, 0.05) is 31.2 Å². The van der Waals surface area contributed by atoms with Crippen molar-refractivity contribution in [2.24, 2.45) is 5.73 Å². The largest absolute Gasteiger partial charge is 0.376 e. The van der Waals surface area contributed by atoms with Gasteiger partial charge in [0.05, 0.1) is 11.8 Å². The van der Waals surface area contributed by atoms with Crippen molar-refractivity contribution in [3.8, 4) is 0 Å². The molecule has 1 fully saturated rings. The molecule has 0 saturated carbocycles. The number of halogens is 1. The minimum absolute atomic E-state index is 0.376. The third-order valence-corrected chi connectivity index (χ3v) is 3.80. The summed E-state index contributed by atoms with van der Waals surface area (Å²) in [7, 11) is 2.10. The van der Waals surface area contributed by atoms with Gasteiger partial charge in [0.15, 0.2) is 0 Å². The summed E-state index contributed by atoms with van der Waals surface area (Å²) in [5.41, 5.74) is 7.96. The average molecular weight is 299 g/mol. The Labute approximate surface area is 111 Å². The molecule has 4 heteroatoms. The van der Waals surface area contributed by atoms with Gasteiger partial charge in [-0.25, -0.2) is 0 Å². The highest BCUT2D eigenvalue weighted by Gasteiger charge is 2.18. The summed E-state index contributed by atoms with van der Waals surface area (Å²) in [6, 6.07) is 6.27. The van der Waals surface area contributed by atoms with Gasteiger partial charge in [0.25, 0.3) is 0 Å². The van der Waals surface area contributed by atoms with E-state index in [0.29, 0.717) is 12.6 Å². The van der Waals surface area contributed by atoms with Crippen LogP contribution in [-0.4, -0.2) is 26.3 Å². The number of nitrogens with zero attached hydrogens (tertiary/aromatic N) is 1. The molecule has 0 aliphatic carbocycles. The van der Waals surface area contributed by atoms with E-state index in [9.17, 15) is 0 Å². The fraction of sp³-hybridized carbons (Fsp3) is 0.538. The number of nitrogens with two attached hydrogens (primary N) is 1. The Bertz CT molecular complexity index is 378. The van der Waals surface area contributed by atoms with Crippen molar-refractivity contribution >= 4 is 21.6 Å². The summed E-state index contributed by atoms with van der Waals surface area (Å²) >= 11 is 3.60. The van der Waals surface area contributed by atoms with E-state index in [1.807, 2.05) is 0 Å². The molecular formula is C13H19BrN2O. The molecule has 1 aromatic carbocycles. The van der Waals surface area contributed by atoms with E-state index in [1.165, 1.54) is 18.5 Å². The maximum absolute atomic E-state index is 5.65. The number of ether oxygens (including phenoxy) is 1. The maximum atomic E-state index is 5.65. The second kappa shape index (κ2) is 5.85. The number of likely N-dealkylation sites (N-methyl/N-ethyl adjacent to an activating group) is 1. The Morgan fingerprint density at radius 2 is 2.35 bits per heavy atom. The molecule has 0 amide bonds. The average Bonchev–Trinajstić information content (AvgIpc) is 2.81. The minimum Gasteiger partial charge on any atom is -0.376 e. The van der Waals surface area contributed by atoms with Crippen LogP contribution in [0.4, 0.5) is 5.69 Å². The Hall–Kier alpha value is -0.580. The van der Waals surface area contributed by atoms with Crippen LogP contribution in [0.5, 0.6) is 0 Å². The number of hydrogen-bond acceptors (Lipinski definition) is 3. The molecule has 1 saturated heterocycles.